The maximum absolute atomic E-state index is 11.4. The van der Waals surface area contributed by atoms with Gasteiger partial charge in [-0.15, -0.1) is 0 Å². The Hall–Kier alpha value is -1.59. The average Bonchev–Trinajstić information content (AvgIpc) is 2.35. The van der Waals surface area contributed by atoms with E-state index in [9.17, 15) is 4.79 Å². The van der Waals surface area contributed by atoms with E-state index in [-0.39, 0.29) is 19.1 Å². The Bertz CT molecular complexity index is 369. The number of amides is 1. The molecule has 0 aliphatic heterocycles. The fourth-order valence-corrected chi connectivity index (χ4v) is 1.39. The number of aliphatic hydroxyl groups is 2. The molecule has 0 saturated heterocycles. The first-order chi connectivity index (χ1) is 8.13. The second-order valence-corrected chi connectivity index (χ2v) is 3.84. The number of para-hydroxylation sites is 1. The van der Waals surface area contributed by atoms with Gasteiger partial charge in [-0.2, -0.15) is 0 Å². The number of carbonyl (C=O) groups excluding carboxylic acids is 1. The zero-order chi connectivity index (χ0) is 12.7. The SMILES string of the molecule is Nc1ccccc1CCC(=O)NCC(O)CO. The zero-order valence-electron chi connectivity index (χ0n) is 9.60. The second kappa shape index (κ2) is 6.88. The lowest BCUT2D eigenvalue weighted by Crippen LogP contribution is -2.33. The molecule has 0 spiro atoms. The van der Waals surface area contributed by atoms with Crippen LogP contribution in [0.5, 0.6) is 0 Å². The van der Waals surface area contributed by atoms with E-state index in [2.05, 4.69) is 5.32 Å². The van der Waals surface area contributed by atoms with E-state index in [1.54, 1.807) is 6.07 Å². The molecule has 17 heavy (non-hydrogen) atoms. The van der Waals surface area contributed by atoms with Gasteiger partial charge in [0.2, 0.25) is 5.91 Å². The molecule has 0 radical (unpaired) electrons. The summed E-state index contributed by atoms with van der Waals surface area (Å²) >= 11 is 0. The van der Waals surface area contributed by atoms with Crippen LogP contribution in [0.2, 0.25) is 0 Å². The zero-order valence-corrected chi connectivity index (χ0v) is 9.60. The van der Waals surface area contributed by atoms with Crippen LogP contribution >= 0.6 is 0 Å². The van der Waals surface area contributed by atoms with E-state index >= 15 is 0 Å². The minimum Gasteiger partial charge on any atom is -0.399 e. The molecule has 1 aromatic carbocycles. The normalized spacial score (nSPS) is 12.1. The molecule has 1 unspecified atom stereocenters. The molecule has 0 heterocycles. The van der Waals surface area contributed by atoms with Crippen molar-refractivity contribution in [1.29, 1.82) is 0 Å². The smallest absolute Gasteiger partial charge is 0.220 e. The Labute approximate surface area is 100 Å². The van der Waals surface area contributed by atoms with Crippen molar-refractivity contribution in [3.8, 4) is 0 Å². The van der Waals surface area contributed by atoms with Crippen LogP contribution in [0.1, 0.15) is 12.0 Å². The molecule has 5 heteroatoms. The topological polar surface area (TPSA) is 95.6 Å². The molecule has 1 rings (SSSR count). The predicted molar refractivity (Wildman–Crippen MR) is 65.3 cm³/mol. The van der Waals surface area contributed by atoms with Gasteiger partial charge >= 0.3 is 0 Å². The van der Waals surface area contributed by atoms with Crippen LogP contribution in [0, 0.1) is 0 Å². The lowest BCUT2D eigenvalue weighted by molar-refractivity contribution is -0.121. The van der Waals surface area contributed by atoms with Crippen LogP contribution in [-0.2, 0) is 11.2 Å². The Morgan fingerprint density at radius 2 is 2.12 bits per heavy atom. The molecule has 0 aromatic heterocycles. The first-order valence-electron chi connectivity index (χ1n) is 5.52. The van der Waals surface area contributed by atoms with E-state index in [1.807, 2.05) is 18.2 Å². The van der Waals surface area contributed by atoms with Crippen molar-refractivity contribution in [3.05, 3.63) is 29.8 Å². The quantitative estimate of drug-likeness (QED) is 0.510. The Morgan fingerprint density at radius 1 is 1.41 bits per heavy atom. The summed E-state index contributed by atoms with van der Waals surface area (Å²) in [6.07, 6.45) is -0.0270. The van der Waals surface area contributed by atoms with Crippen LogP contribution in [0.3, 0.4) is 0 Å². The van der Waals surface area contributed by atoms with Gasteiger partial charge in [0.1, 0.15) is 0 Å². The molecular formula is C12H18N2O3. The van der Waals surface area contributed by atoms with Crippen LogP contribution < -0.4 is 11.1 Å². The van der Waals surface area contributed by atoms with Crippen molar-refractivity contribution in [3.63, 3.8) is 0 Å². The molecule has 0 fully saturated rings. The highest BCUT2D eigenvalue weighted by atomic mass is 16.3. The molecule has 0 bridgehead atoms. The van der Waals surface area contributed by atoms with E-state index in [1.165, 1.54) is 0 Å². The van der Waals surface area contributed by atoms with Crippen LogP contribution in [0.15, 0.2) is 24.3 Å². The number of hydrogen-bond acceptors (Lipinski definition) is 4. The van der Waals surface area contributed by atoms with Gasteiger partial charge in [0.05, 0.1) is 12.7 Å². The van der Waals surface area contributed by atoms with E-state index in [4.69, 9.17) is 15.9 Å². The van der Waals surface area contributed by atoms with Crippen LogP contribution in [0.25, 0.3) is 0 Å². The molecular weight excluding hydrogens is 220 g/mol. The monoisotopic (exact) mass is 238 g/mol. The third-order valence-electron chi connectivity index (χ3n) is 2.42. The number of rotatable bonds is 6. The highest BCUT2D eigenvalue weighted by molar-refractivity contribution is 5.76. The van der Waals surface area contributed by atoms with Crippen LogP contribution in [-0.4, -0.2) is 35.4 Å². The van der Waals surface area contributed by atoms with Crippen molar-refractivity contribution in [2.75, 3.05) is 18.9 Å². The van der Waals surface area contributed by atoms with Gasteiger partial charge in [-0.25, -0.2) is 0 Å². The van der Waals surface area contributed by atoms with Gasteiger partial charge < -0.3 is 21.3 Å². The van der Waals surface area contributed by atoms with Gasteiger partial charge in [-0.05, 0) is 18.1 Å². The minimum atomic E-state index is -0.902. The summed E-state index contributed by atoms with van der Waals surface area (Å²) in [5, 5.41) is 20.2. The lowest BCUT2D eigenvalue weighted by Gasteiger charge is -2.09. The van der Waals surface area contributed by atoms with Gasteiger partial charge in [-0.3, -0.25) is 4.79 Å². The molecule has 0 saturated carbocycles. The molecule has 5 nitrogen and oxygen atoms in total. The Balaban J connectivity index is 2.31. The highest BCUT2D eigenvalue weighted by Gasteiger charge is 2.06. The first kappa shape index (κ1) is 13.5. The number of nitrogens with one attached hydrogen (secondary N) is 1. The number of hydrogen-bond donors (Lipinski definition) is 4. The molecule has 0 aliphatic rings. The van der Waals surface area contributed by atoms with Crippen LogP contribution in [0.4, 0.5) is 5.69 Å². The summed E-state index contributed by atoms with van der Waals surface area (Å²) in [5.74, 6) is -0.166. The van der Waals surface area contributed by atoms with Gasteiger partial charge in [0, 0.05) is 18.7 Å². The maximum atomic E-state index is 11.4. The van der Waals surface area contributed by atoms with Crippen molar-refractivity contribution in [1.82, 2.24) is 5.32 Å². The summed E-state index contributed by atoms with van der Waals surface area (Å²) in [4.78, 5) is 11.4. The standard InChI is InChI=1S/C12H18N2O3/c13-11-4-2-1-3-9(11)5-6-12(17)14-7-10(16)8-15/h1-4,10,15-16H,5-8,13H2,(H,14,17). The number of anilines is 1. The summed E-state index contributed by atoms with van der Waals surface area (Å²) < 4.78 is 0. The third kappa shape index (κ3) is 4.84. The van der Waals surface area contributed by atoms with Gasteiger partial charge in [-0.1, -0.05) is 18.2 Å². The molecule has 1 amide bonds. The molecule has 94 valence electrons. The number of nitrogen functional groups attached to an aromatic ring is 1. The van der Waals surface area contributed by atoms with Crippen molar-refractivity contribution in [2.45, 2.75) is 18.9 Å². The molecule has 1 atom stereocenters. The number of aryl methyl sites for hydroxylation is 1. The van der Waals surface area contributed by atoms with E-state index in [0.29, 0.717) is 18.5 Å². The minimum absolute atomic E-state index is 0.0691. The predicted octanol–water partition coefficient (Wildman–Crippen LogP) is -0.329. The second-order valence-electron chi connectivity index (χ2n) is 3.84. The lowest BCUT2D eigenvalue weighted by atomic mass is 10.1. The fraction of sp³-hybridized carbons (Fsp3) is 0.417. The molecule has 5 N–H and O–H groups in total. The number of aliphatic hydroxyl groups excluding tert-OH is 2. The fourth-order valence-electron chi connectivity index (χ4n) is 1.39. The summed E-state index contributed by atoms with van der Waals surface area (Å²) in [6, 6.07) is 7.39. The number of carbonyl (C=O) groups is 1. The summed E-state index contributed by atoms with van der Waals surface area (Å²) in [5.41, 5.74) is 7.36. The Kier molecular flexibility index (Phi) is 5.45. The van der Waals surface area contributed by atoms with Gasteiger partial charge in [0.15, 0.2) is 0 Å². The summed E-state index contributed by atoms with van der Waals surface area (Å²) in [7, 11) is 0. The van der Waals surface area contributed by atoms with Crippen molar-refractivity contribution in [2.24, 2.45) is 0 Å². The largest absolute Gasteiger partial charge is 0.399 e. The summed E-state index contributed by atoms with van der Waals surface area (Å²) in [6.45, 7) is -0.286. The van der Waals surface area contributed by atoms with E-state index in [0.717, 1.165) is 5.56 Å². The molecule has 0 aliphatic carbocycles. The van der Waals surface area contributed by atoms with Crippen molar-refractivity contribution >= 4 is 11.6 Å². The third-order valence-corrected chi connectivity index (χ3v) is 2.42. The number of nitrogens with two attached hydrogens (primary N) is 1. The maximum Gasteiger partial charge on any atom is 0.220 e. The highest BCUT2D eigenvalue weighted by Crippen LogP contribution is 2.12. The van der Waals surface area contributed by atoms with E-state index < -0.39 is 6.10 Å². The first-order valence-corrected chi connectivity index (χ1v) is 5.52. The molecule has 1 aromatic rings. The Morgan fingerprint density at radius 3 is 2.76 bits per heavy atom. The average molecular weight is 238 g/mol. The van der Waals surface area contributed by atoms with Crippen molar-refractivity contribution < 1.29 is 15.0 Å². The number of benzene rings is 1. The van der Waals surface area contributed by atoms with Gasteiger partial charge in [0.25, 0.3) is 0 Å².